The van der Waals surface area contributed by atoms with Gasteiger partial charge in [0.15, 0.2) is 0 Å². The molecule has 3 N–H and O–H groups in total. The van der Waals surface area contributed by atoms with Crippen molar-refractivity contribution in [3.8, 4) is 11.3 Å². The van der Waals surface area contributed by atoms with Gasteiger partial charge in [-0.2, -0.15) is 0 Å². The highest BCUT2D eigenvalue weighted by Crippen LogP contribution is 2.35. The Morgan fingerprint density at radius 3 is 2.71 bits per heavy atom. The lowest BCUT2D eigenvalue weighted by Crippen LogP contribution is -2.34. The van der Waals surface area contributed by atoms with E-state index in [1.165, 1.54) is 0 Å². The summed E-state index contributed by atoms with van der Waals surface area (Å²) in [6.45, 7) is 3.37. The van der Waals surface area contributed by atoms with Crippen molar-refractivity contribution in [3.63, 3.8) is 0 Å². The number of rotatable bonds is 3. The summed E-state index contributed by atoms with van der Waals surface area (Å²) in [5.41, 5.74) is 3.45. The number of nitrogens with zero attached hydrogens (tertiary/aromatic N) is 2. The number of carbonyl (C=O) groups is 2. The maximum Gasteiger partial charge on any atom is 0.256 e. The Balaban J connectivity index is 0.00000171. The van der Waals surface area contributed by atoms with Gasteiger partial charge >= 0.3 is 0 Å². The van der Waals surface area contributed by atoms with Crippen LogP contribution in [0, 0.1) is 0 Å². The summed E-state index contributed by atoms with van der Waals surface area (Å²) in [5, 5.41) is 3.40. The van der Waals surface area contributed by atoms with Crippen LogP contribution in [0.5, 0.6) is 0 Å². The number of hydrogen-bond acceptors (Lipinski definition) is 4. The zero-order valence-electron chi connectivity index (χ0n) is 19.2. The zero-order valence-corrected chi connectivity index (χ0v) is 20.8. The van der Waals surface area contributed by atoms with Crippen molar-refractivity contribution in [3.05, 3.63) is 76.5 Å². The number of likely N-dealkylation sites (N-methyl/N-ethyl adjacent to an activating group) is 1. The van der Waals surface area contributed by atoms with E-state index in [9.17, 15) is 9.59 Å². The van der Waals surface area contributed by atoms with Crippen molar-refractivity contribution in [2.45, 2.75) is 6.42 Å². The lowest BCUT2D eigenvalue weighted by molar-refractivity contribution is -0.110. The molecule has 35 heavy (non-hydrogen) atoms. The SMILES string of the molecule is CN1CCCN(C(=O)c2cccc(-c3ccc(/C=C4/C(=O)Nc5ccc(Cl)cc54)o3)c2)CC1.Cl.O. The summed E-state index contributed by atoms with van der Waals surface area (Å²) < 4.78 is 6.02. The quantitative estimate of drug-likeness (QED) is 0.520. The van der Waals surface area contributed by atoms with Crippen molar-refractivity contribution in [2.24, 2.45) is 0 Å². The summed E-state index contributed by atoms with van der Waals surface area (Å²) in [6, 6.07) is 16.5. The van der Waals surface area contributed by atoms with Gasteiger partial charge in [-0.3, -0.25) is 9.59 Å². The molecule has 1 fully saturated rings. The molecule has 7 nitrogen and oxygen atoms in total. The van der Waals surface area contributed by atoms with E-state index >= 15 is 0 Å². The Labute approximate surface area is 215 Å². The van der Waals surface area contributed by atoms with Crippen LogP contribution in [0.4, 0.5) is 5.69 Å². The van der Waals surface area contributed by atoms with Gasteiger partial charge in [-0.15, -0.1) is 12.4 Å². The largest absolute Gasteiger partial charge is 0.457 e. The molecule has 2 amide bonds. The molecular formula is C26H27Cl2N3O4. The first-order valence-corrected chi connectivity index (χ1v) is 11.4. The van der Waals surface area contributed by atoms with Gasteiger partial charge in [0.2, 0.25) is 0 Å². The van der Waals surface area contributed by atoms with Gasteiger partial charge in [-0.25, -0.2) is 0 Å². The van der Waals surface area contributed by atoms with Crippen LogP contribution in [0.2, 0.25) is 5.02 Å². The summed E-state index contributed by atoms with van der Waals surface area (Å²) in [4.78, 5) is 29.7. The van der Waals surface area contributed by atoms with E-state index in [1.807, 2.05) is 41.3 Å². The molecule has 0 atom stereocenters. The lowest BCUT2D eigenvalue weighted by Gasteiger charge is -2.20. The number of hydrogen-bond donors (Lipinski definition) is 1. The third-order valence-corrected chi connectivity index (χ3v) is 6.31. The highest BCUT2D eigenvalue weighted by molar-refractivity contribution is 6.36. The van der Waals surface area contributed by atoms with Gasteiger partial charge in [0.05, 0.1) is 5.57 Å². The fourth-order valence-electron chi connectivity index (χ4n) is 4.27. The fraction of sp³-hybridized carbons (Fsp3) is 0.231. The van der Waals surface area contributed by atoms with E-state index in [0.717, 1.165) is 49.4 Å². The van der Waals surface area contributed by atoms with Crippen LogP contribution in [0.1, 0.15) is 28.1 Å². The highest BCUT2D eigenvalue weighted by Gasteiger charge is 2.25. The normalized spacial score (nSPS) is 16.7. The van der Waals surface area contributed by atoms with E-state index < -0.39 is 0 Å². The Hall–Kier alpha value is -3.10. The Morgan fingerprint density at radius 2 is 1.89 bits per heavy atom. The summed E-state index contributed by atoms with van der Waals surface area (Å²) >= 11 is 6.11. The topological polar surface area (TPSA) is 97.3 Å². The molecule has 0 unspecified atom stereocenters. The van der Waals surface area contributed by atoms with Crippen LogP contribution < -0.4 is 5.32 Å². The Morgan fingerprint density at radius 1 is 1.06 bits per heavy atom. The molecule has 2 aliphatic rings. The number of fused-ring (bicyclic) bond motifs is 1. The van der Waals surface area contributed by atoms with Gasteiger partial charge in [0.25, 0.3) is 11.8 Å². The number of benzene rings is 2. The molecule has 5 rings (SSSR count). The molecule has 1 aromatic heterocycles. The first-order chi connectivity index (χ1) is 16.0. The number of nitrogens with one attached hydrogen (secondary N) is 1. The summed E-state index contributed by atoms with van der Waals surface area (Å²) in [6.07, 6.45) is 2.68. The number of carbonyl (C=O) groups excluding carboxylic acids is 2. The molecule has 3 heterocycles. The van der Waals surface area contributed by atoms with Gasteiger partial charge in [0.1, 0.15) is 11.5 Å². The van der Waals surface area contributed by atoms with Crippen LogP contribution >= 0.6 is 24.0 Å². The average molecular weight is 516 g/mol. The van der Waals surface area contributed by atoms with Crippen LogP contribution in [0.25, 0.3) is 23.0 Å². The van der Waals surface area contributed by atoms with Gasteiger partial charge in [-0.1, -0.05) is 23.7 Å². The Kier molecular flexibility index (Phi) is 8.40. The predicted molar refractivity (Wildman–Crippen MR) is 141 cm³/mol. The molecule has 2 aromatic carbocycles. The van der Waals surface area contributed by atoms with E-state index in [4.69, 9.17) is 16.0 Å². The first kappa shape index (κ1) is 26.5. The van der Waals surface area contributed by atoms with Crippen LogP contribution in [-0.2, 0) is 4.79 Å². The van der Waals surface area contributed by atoms with Gasteiger partial charge in [0, 0.05) is 47.0 Å². The predicted octanol–water partition coefficient (Wildman–Crippen LogP) is 4.47. The number of furan rings is 1. The minimum atomic E-state index is -0.194. The van der Waals surface area contributed by atoms with Crippen molar-refractivity contribution in [1.29, 1.82) is 0 Å². The van der Waals surface area contributed by atoms with Gasteiger partial charge in [-0.05, 0) is 68.6 Å². The number of anilines is 1. The minimum Gasteiger partial charge on any atom is -0.457 e. The van der Waals surface area contributed by atoms with E-state index in [2.05, 4.69) is 17.3 Å². The summed E-state index contributed by atoms with van der Waals surface area (Å²) in [5.74, 6) is 1.03. The van der Waals surface area contributed by atoms with E-state index in [0.29, 0.717) is 27.7 Å². The smallest absolute Gasteiger partial charge is 0.256 e. The molecule has 184 valence electrons. The van der Waals surface area contributed by atoms with Gasteiger partial charge < -0.3 is 25.0 Å². The molecule has 3 aromatic rings. The second-order valence-electron chi connectivity index (χ2n) is 8.43. The van der Waals surface area contributed by atoms with Crippen LogP contribution in [-0.4, -0.2) is 60.3 Å². The molecule has 1 saturated heterocycles. The third-order valence-electron chi connectivity index (χ3n) is 6.08. The van der Waals surface area contributed by atoms with Crippen LogP contribution in [0.3, 0.4) is 0 Å². The average Bonchev–Trinajstić information content (AvgIpc) is 3.33. The van der Waals surface area contributed by atoms with Crippen molar-refractivity contribution < 1.29 is 19.5 Å². The minimum absolute atomic E-state index is 0. The maximum atomic E-state index is 13.1. The molecular weight excluding hydrogens is 489 g/mol. The third kappa shape index (κ3) is 5.60. The monoisotopic (exact) mass is 515 g/mol. The van der Waals surface area contributed by atoms with Crippen molar-refractivity contribution >= 4 is 53.2 Å². The van der Waals surface area contributed by atoms with E-state index in [-0.39, 0.29) is 29.7 Å². The summed E-state index contributed by atoms with van der Waals surface area (Å²) in [7, 11) is 2.08. The molecule has 9 heteroatoms. The molecule has 0 bridgehead atoms. The first-order valence-electron chi connectivity index (χ1n) is 11.0. The van der Waals surface area contributed by atoms with Crippen LogP contribution in [0.15, 0.2) is 59.0 Å². The molecule has 0 aliphatic carbocycles. The zero-order chi connectivity index (χ0) is 22.9. The molecule has 2 aliphatic heterocycles. The number of amides is 2. The molecule has 0 spiro atoms. The standard InChI is InChI=1S/C26H24ClN3O3.ClH.H2O/c1-29-10-3-11-30(13-12-29)26(32)18-5-2-4-17(14-18)24-9-7-20(33-24)16-22-21-15-19(27)6-8-23(21)28-25(22)31;;/h2,4-9,14-16H,3,10-13H2,1H3,(H,28,31);1H;1H2/b22-16+;;. The second-order valence-corrected chi connectivity index (χ2v) is 8.87. The fourth-order valence-corrected chi connectivity index (χ4v) is 4.44. The maximum absolute atomic E-state index is 13.1. The number of halogens is 2. The molecule has 0 radical (unpaired) electrons. The molecule has 0 saturated carbocycles. The van der Waals surface area contributed by atoms with Crippen molar-refractivity contribution in [2.75, 3.05) is 38.5 Å². The lowest BCUT2D eigenvalue weighted by atomic mass is 10.1. The second kappa shape index (κ2) is 11.1. The Bertz CT molecular complexity index is 1270. The van der Waals surface area contributed by atoms with Crippen molar-refractivity contribution in [1.82, 2.24) is 9.80 Å². The van der Waals surface area contributed by atoms with E-state index in [1.54, 1.807) is 24.3 Å². The highest BCUT2D eigenvalue weighted by atomic mass is 35.5.